The maximum atomic E-state index is 12.5. The number of nitriles is 1. The smallest absolute Gasteiger partial charge is 0.123 e. The third-order valence-corrected chi connectivity index (χ3v) is 1.46. The highest BCUT2D eigenvalue weighted by Crippen LogP contribution is 2.10. The van der Waals surface area contributed by atoms with Crippen LogP contribution < -0.4 is 0 Å². The van der Waals surface area contributed by atoms with Crippen LogP contribution in [-0.2, 0) is 6.42 Å². The average molecular weight is 148 g/mol. The van der Waals surface area contributed by atoms with Crippen molar-refractivity contribution in [2.75, 3.05) is 0 Å². The molecule has 1 rings (SSSR count). The first-order chi connectivity index (χ1) is 5.27. The van der Waals surface area contributed by atoms with Gasteiger partial charge in [-0.2, -0.15) is 5.26 Å². The Morgan fingerprint density at radius 1 is 1.55 bits per heavy atom. The Balaban J connectivity index is 3.19. The Kier molecular flexibility index (Phi) is 2.22. The summed E-state index contributed by atoms with van der Waals surface area (Å²) >= 11 is 0. The van der Waals surface area contributed by atoms with Crippen LogP contribution in [0.15, 0.2) is 18.2 Å². The van der Waals surface area contributed by atoms with Crippen molar-refractivity contribution < 1.29 is 4.39 Å². The van der Waals surface area contributed by atoms with Crippen LogP contribution in [0.1, 0.15) is 11.1 Å². The molecule has 0 aliphatic carbocycles. The molecule has 2 heteroatoms. The Morgan fingerprint density at radius 2 is 2.27 bits per heavy atom. The van der Waals surface area contributed by atoms with E-state index in [0.717, 1.165) is 0 Å². The van der Waals surface area contributed by atoms with Crippen LogP contribution in [0.2, 0.25) is 0 Å². The van der Waals surface area contributed by atoms with Crippen molar-refractivity contribution in [1.82, 2.24) is 0 Å². The lowest BCUT2D eigenvalue weighted by molar-refractivity contribution is 0.626. The fourth-order valence-electron chi connectivity index (χ4n) is 0.878. The van der Waals surface area contributed by atoms with Gasteiger partial charge in [-0.05, 0) is 37.1 Å². The van der Waals surface area contributed by atoms with Crippen molar-refractivity contribution in [2.24, 2.45) is 0 Å². The van der Waals surface area contributed by atoms with Crippen molar-refractivity contribution >= 4 is 0 Å². The van der Waals surface area contributed by atoms with Crippen molar-refractivity contribution in [2.45, 2.75) is 6.42 Å². The molecule has 1 nitrogen and oxygen atoms in total. The van der Waals surface area contributed by atoms with Gasteiger partial charge in [-0.1, -0.05) is 0 Å². The summed E-state index contributed by atoms with van der Waals surface area (Å²) in [6.07, 6.45) is 0.445. The van der Waals surface area contributed by atoms with Gasteiger partial charge in [-0.25, -0.2) is 4.39 Å². The first-order valence-corrected chi connectivity index (χ1v) is 3.25. The summed E-state index contributed by atoms with van der Waals surface area (Å²) in [5.74, 6) is -0.317. The number of nitrogens with zero attached hydrogens (tertiary/aromatic N) is 1. The third kappa shape index (κ3) is 1.56. The summed E-state index contributed by atoms with van der Waals surface area (Å²) in [6, 6.07) is 6.05. The van der Waals surface area contributed by atoms with Gasteiger partial charge in [-0.15, -0.1) is 0 Å². The zero-order valence-electron chi connectivity index (χ0n) is 5.97. The summed E-state index contributed by atoms with van der Waals surface area (Å²) in [5.41, 5.74) is 1.16. The lowest BCUT2D eigenvalue weighted by atomic mass is 10.1. The zero-order chi connectivity index (χ0) is 8.27. The molecule has 0 saturated heterocycles. The SMILES string of the molecule is [CH2]Cc1cc(F)ccc1C#N. The van der Waals surface area contributed by atoms with Crippen LogP contribution in [0.3, 0.4) is 0 Å². The number of benzene rings is 1. The lowest BCUT2D eigenvalue weighted by Crippen LogP contribution is -1.88. The molecule has 0 atom stereocenters. The summed E-state index contributed by atoms with van der Waals surface area (Å²) < 4.78 is 12.5. The minimum atomic E-state index is -0.317. The molecule has 0 saturated carbocycles. The van der Waals surface area contributed by atoms with E-state index in [-0.39, 0.29) is 5.82 Å². The highest BCUT2D eigenvalue weighted by atomic mass is 19.1. The van der Waals surface area contributed by atoms with Gasteiger partial charge in [0.1, 0.15) is 5.82 Å². The first-order valence-electron chi connectivity index (χ1n) is 3.25. The largest absolute Gasteiger partial charge is 0.207 e. The predicted molar refractivity (Wildman–Crippen MR) is 40.2 cm³/mol. The molecule has 0 aromatic heterocycles. The van der Waals surface area contributed by atoms with Crippen LogP contribution in [0.5, 0.6) is 0 Å². The summed E-state index contributed by atoms with van der Waals surface area (Å²) in [5, 5.41) is 8.54. The summed E-state index contributed by atoms with van der Waals surface area (Å²) in [4.78, 5) is 0. The van der Waals surface area contributed by atoms with E-state index in [4.69, 9.17) is 5.26 Å². The van der Waals surface area contributed by atoms with Crippen LogP contribution in [0, 0.1) is 24.1 Å². The van der Waals surface area contributed by atoms with E-state index in [9.17, 15) is 4.39 Å². The van der Waals surface area contributed by atoms with Crippen molar-refractivity contribution in [3.8, 4) is 6.07 Å². The van der Waals surface area contributed by atoms with Crippen molar-refractivity contribution in [1.29, 1.82) is 5.26 Å². The Bertz CT molecular complexity index is 299. The van der Waals surface area contributed by atoms with Crippen LogP contribution in [-0.4, -0.2) is 0 Å². The van der Waals surface area contributed by atoms with Crippen LogP contribution in [0.25, 0.3) is 0 Å². The minimum Gasteiger partial charge on any atom is -0.207 e. The lowest BCUT2D eigenvalue weighted by Gasteiger charge is -1.98. The second-order valence-corrected chi connectivity index (χ2v) is 2.16. The van der Waals surface area contributed by atoms with E-state index in [1.807, 2.05) is 6.07 Å². The molecule has 1 radical (unpaired) electrons. The van der Waals surface area contributed by atoms with E-state index in [1.165, 1.54) is 18.2 Å². The molecule has 1 aromatic rings. The Morgan fingerprint density at radius 3 is 2.82 bits per heavy atom. The van der Waals surface area contributed by atoms with E-state index in [0.29, 0.717) is 17.5 Å². The van der Waals surface area contributed by atoms with Gasteiger partial charge < -0.3 is 0 Å². The standard InChI is InChI=1S/C9H7FN/c1-2-7-5-9(10)4-3-8(7)6-11/h3-5H,1-2H2. The van der Waals surface area contributed by atoms with Crippen LogP contribution in [0.4, 0.5) is 4.39 Å². The topological polar surface area (TPSA) is 23.8 Å². The fraction of sp³-hybridized carbons (Fsp3) is 0.111. The average Bonchev–Trinajstić information content (AvgIpc) is 2.04. The molecule has 0 fully saturated rings. The summed E-state index contributed by atoms with van der Waals surface area (Å²) in [7, 11) is 0. The first kappa shape index (κ1) is 7.74. The molecule has 0 heterocycles. The number of rotatable bonds is 1. The zero-order valence-corrected chi connectivity index (χ0v) is 5.97. The molecule has 55 valence electrons. The Labute approximate surface area is 65.1 Å². The molecule has 1 aromatic carbocycles. The van der Waals surface area contributed by atoms with E-state index < -0.39 is 0 Å². The van der Waals surface area contributed by atoms with Gasteiger partial charge in [-0.3, -0.25) is 0 Å². The van der Waals surface area contributed by atoms with Gasteiger partial charge in [0, 0.05) is 0 Å². The Hall–Kier alpha value is -1.36. The monoisotopic (exact) mass is 148 g/mol. The summed E-state index contributed by atoms with van der Waals surface area (Å²) in [6.45, 7) is 3.59. The number of halogens is 1. The molecular formula is C9H7FN. The van der Waals surface area contributed by atoms with E-state index in [2.05, 4.69) is 6.92 Å². The van der Waals surface area contributed by atoms with Gasteiger partial charge >= 0.3 is 0 Å². The van der Waals surface area contributed by atoms with Gasteiger partial charge in [0.15, 0.2) is 0 Å². The van der Waals surface area contributed by atoms with Crippen LogP contribution >= 0.6 is 0 Å². The second kappa shape index (κ2) is 3.16. The highest BCUT2D eigenvalue weighted by molar-refractivity contribution is 5.38. The molecule has 0 spiro atoms. The molecule has 0 amide bonds. The molecule has 0 bridgehead atoms. The molecule has 0 aliphatic rings. The molecule has 0 aliphatic heterocycles. The maximum absolute atomic E-state index is 12.5. The van der Waals surface area contributed by atoms with Crippen molar-refractivity contribution in [3.63, 3.8) is 0 Å². The maximum Gasteiger partial charge on any atom is 0.123 e. The molecule has 0 N–H and O–H groups in total. The third-order valence-electron chi connectivity index (χ3n) is 1.46. The van der Waals surface area contributed by atoms with Gasteiger partial charge in [0.05, 0.1) is 11.6 Å². The quantitative estimate of drug-likeness (QED) is 0.598. The fourth-order valence-corrected chi connectivity index (χ4v) is 0.878. The minimum absolute atomic E-state index is 0.317. The number of hydrogen-bond donors (Lipinski definition) is 0. The second-order valence-electron chi connectivity index (χ2n) is 2.16. The molecule has 0 unspecified atom stereocenters. The van der Waals surface area contributed by atoms with E-state index >= 15 is 0 Å². The van der Waals surface area contributed by atoms with Gasteiger partial charge in [0.25, 0.3) is 0 Å². The normalized spacial score (nSPS) is 9.18. The van der Waals surface area contributed by atoms with E-state index in [1.54, 1.807) is 0 Å². The molecule has 11 heavy (non-hydrogen) atoms. The van der Waals surface area contributed by atoms with Crippen molar-refractivity contribution in [3.05, 3.63) is 42.1 Å². The predicted octanol–water partition coefficient (Wildman–Crippen LogP) is 2.07. The molecular weight excluding hydrogens is 141 g/mol. The van der Waals surface area contributed by atoms with Gasteiger partial charge in [0.2, 0.25) is 0 Å². The number of hydrogen-bond acceptors (Lipinski definition) is 1. The highest BCUT2D eigenvalue weighted by Gasteiger charge is 1.99.